The highest BCUT2D eigenvalue weighted by Gasteiger charge is 2.24. The number of rotatable bonds is 8. The number of amides is 1. The smallest absolute Gasteiger partial charge is 0.259 e. The fourth-order valence-electron chi connectivity index (χ4n) is 3.86. The van der Waals surface area contributed by atoms with Crippen molar-refractivity contribution < 1.29 is 14.3 Å². The molecule has 0 bridgehead atoms. The van der Waals surface area contributed by atoms with Gasteiger partial charge in [-0.3, -0.25) is 4.79 Å². The van der Waals surface area contributed by atoms with Gasteiger partial charge in [0, 0.05) is 31.2 Å². The molecule has 1 aromatic carbocycles. The highest BCUT2D eigenvalue weighted by molar-refractivity contribution is 6.30. The molecule has 0 aliphatic carbocycles. The van der Waals surface area contributed by atoms with Crippen LogP contribution in [-0.4, -0.2) is 68.1 Å². The Morgan fingerprint density at radius 2 is 1.83 bits per heavy atom. The molecular formula is C23H30ClN3O3. The van der Waals surface area contributed by atoms with Crippen molar-refractivity contribution >= 4 is 17.5 Å². The van der Waals surface area contributed by atoms with E-state index in [0.29, 0.717) is 23.2 Å². The van der Waals surface area contributed by atoms with E-state index in [1.54, 1.807) is 17.0 Å². The number of hydrogen-bond acceptors (Lipinski definition) is 5. The van der Waals surface area contributed by atoms with Gasteiger partial charge in [-0.2, -0.15) is 4.98 Å². The molecule has 1 amide bonds. The number of nitrogens with zero attached hydrogens (tertiary/aromatic N) is 3. The lowest BCUT2D eigenvalue weighted by atomic mass is 9.95. The summed E-state index contributed by atoms with van der Waals surface area (Å²) in [6, 6.07) is 11.5. The van der Waals surface area contributed by atoms with Crippen LogP contribution in [0.5, 0.6) is 11.8 Å². The van der Waals surface area contributed by atoms with Gasteiger partial charge in [0.2, 0.25) is 11.8 Å². The van der Waals surface area contributed by atoms with Crippen molar-refractivity contribution in [1.82, 2.24) is 14.8 Å². The summed E-state index contributed by atoms with van der Waals surface area (Å²) >= 11 is 5.96. The number of benzene rings is 1. The van der Waals surface area contributed by atoms with Crippen molar-refractivity contribution in [1.29, 1.82) is 0 Å². The number of hydrogen-bond donors (Lipinski definition) is 0. The van der Waals surface area contributed by atoms with Crippen LogP contribution < -0.4 is 9.47 Å². The van der Waals surface area contributed by atoms with E-state index in [1.165, 1.54) is 19.8 Å². The first-order valence-corrected chi connectivity index (χ1v) is 10.7. The zero-order chi connectivity index (χ0) is 21.5. The van der Waals surface area contributed by atoms with Crippen molar-refractivity contribution in [2.75, 3.05) is 47.4 Å². The first-order chi connectivity index (χ1) is 14.5. The average molecular weight is 432 g/mol. The zero-order valence-electron chi connectivity index (χ0n) is 17.9. The lowest BCUT2D eigenvalue weighted by Gasteiger charge is -2.34. The van der Waals surface area contributed by atoms with Crippen LogP contribution in [0.25, 0.3) is 0 Å². The Morgan fingerprint density at radius 3 is 2.47 bits per heavy atom. The Kier molecular flexibility index (Phi) is 7.94. The maximum Gasteiger partial charge on any atom is 0.259 e. The van der Waals surface area contributed by atoms with E-state index in [4.69, 9.17) is 21.1 Å². The Balaban J connectivity index is 1.47. The SMILES string of the molecule is COc1ccc(C(=O)N(C)CC2CCN(CCc3ccc(Cl)cc3)CC2)c(OC)n1. The molecule has 1 aromatic heterocycles. The third-order valence-electron chi connectivity index (χ3n) is 5.68. The third kappa shape index (κ3) is 5.86. The van der Waals surface area contributed by atoms with Gasteiger partial charge in [-0.05, 0) is 62.0 Å². The monoisotopic (exact) mass is 431 g/mol. The van der Waals surface area contributed by atoms with E-state index in [2.05, 4.69) is 22.0 Å². The van der Waals surface area contributed by atoms with Gasteiger partial charge in [-0.25, -0.2) is 0 Å². The number of carbonyl (C=O) groups is 1. The van der Waals surface area contributed by atoms with E-state index in [1.807, 2.05) is 19.2 Å². The van der Waals surface area contributed by atoms with Gasteiger partial charge in [0.15, 0.2) is 0 Å². The molecule has 0 saturated carbocycles. The van der Waals surface area contributed by atoms with Crippen LogP contribution in [0.4, 0.5) is 0 Å². The quantitative estimate of drug-likeness (QED) is 0.636. The minimum Gasteiger partial charge on any atom is -0.481 e. The average Bonchev–Trinajstić information content (AvgIpc) is 2.78. The molecule has 0 atom stereocenters. The predicted molar refractivity (Wildman–Crippen MR) is 119 cm³/mol. The van der Waals surface area contributed by atoms with Crippen LogP contribution in [-0.2, 0) is 6.42 Å². The Morgan fingerprint density at radius 1 is 1.13 bits per heavy atom. The molecular weight excluding hydrogens is 402 g/mol. The number of pyridine rings is 1. The summed E-state index contributed by atoms with van der Waals surface area (Å²) in [5.41, 5.74) is 1.77. The maximum absolute atomic E-state index is 12.9. The summed E-state index contributed by atoms with van der Waals surface area (Å²) < 4.78 is 10.4. The molecule has 6 nitrogen and oxygen atoms in total. The molecule has 0 N–H and O–H groups in total. The molecule has 2 aromatic rings. The molecule has 2 heterocycles. The Labute approximate surface area is 183 Å². The van der Waals surface area contributed by atoms with Gasteiger partial charge in [0.25, 0.3) is 5.91 Å². The molecule has 162 valence electrons. The van der Waals surface area contributed by atoms with Crippen molar-refractivity contribution in [2.45, 2.75) is 19.3 Å². The van der Waals surface area contributed by atoms with E-state index < -0.39 is 0 Å². The van der Waals surface area contributed by atoms with Crippen LogP contribution in [0.15, 0.2) is 36.4 Å². The molecule has 7 heteroatoms. The highest BCUT2D eigenvalue weighted by Crippen LogP contribution is 2.23. The van der Waals surface area contributed by atoms with Crippen LogP contribution in [0.2, 0.25) is 5.02 Å². The molecule has 1 fully saturated rings. The van der Waals surface area contributed by atoms with Crippen molar-refractivity contribution in [2.24, 2.45) is 5.92 Å². The number of piperidine rings is 1. The molecule has 0 spiro atoms. The largest absolute Gasteiger partial charge is 0.481 e. The first-order valence-electron chi connectivity index (χ1n) is 10.3. The normalized spacial score (nSPS) is 15.1. The van der Waals surface area contributed by atoms with Crippen molar-refractivity contribution in [3.8, 4) is 11.8 Å². The van der Waals surface area contributed by atoms with Crippen molar-refractivity contribution in [3.63, 3.8) is 0 Å². The zero-order valence-corrected chi connectivity index (χ0v) is 18.7. The summed E-state index contributed by atoms with van der Waals surface area (Å²) in [4.78, 5) is 21.4. The minimum absolute atomic E-state index is 0.0767. The Bertz CT molecular complexity index is 836. The first kappa shape index (κ1) is 22.4. The lowest BCUT2D eigenvalue weighted by molar-refractivity contribution is 0.0736. The number of likely N-dealkylation sites (tertiary alicyclic amines) is 1. The number of ether oxygens (including phenoxy) is 2. The van der Waals surface area contributed by atoms with E-state index >= 15 is 0 Å². The summed E-state index contributed by atoms with van der Waals surface area (Å²) in [6.45, 7) is 3.91. The lowest BCUT2D eigenvalue weighted by Crippen LogP contribution is -2.40. The van der Waals surface area contributed by atoms with Crippen LogP contribution in [0.3, 0.4) is 0 Å². The number of carbonyl (C=O) groups excluding carboxylic acids is 1. The number of halogens is 1. The fourth-order valence-corrected chi connectivity index (χ4v) is 3.99. The van der Waals surface area contributed by atoms with Crippen LogP contribution >= 0.6 is 11.6 Å². The van der Waals surface area contributed by atoms with Crippen molar-refractivity contribution in [3.05, 3.63) is 52.5 Å². The molecule has 3 rings (SSSR count). The van der Waals surface area contributed by atoms with Gasteiger partial charge in [-0.1, -0.05) is 23.7 Å². The summed E-state index contributed by atoms with van der Waals surface area (Å²) in [5, 5.41) is 0.779. The summed E-state index contributed by atoms with van der Waals surface area (Å²) in [7, 11) is 4.90. The van der Waals surface area contributed by atoms with Gasteiger partial charge in [0.05, 0.1) is 14.2 Å². The molecule has 1 aliphatic heterocycles. The molecule has 1 aliphatic rings. The second-order valence-corrected chi connectivity index (χ2v) is 8.19. The van der Waals surface area contributed by atoms with Gasteiger partial charge < -0.3 is 19.3 Å². The van der Waals surface area contributed by atoms with Gasteiger partial charge >= 0.3 is 0 Å². The second-order valence-electron chi connectivity index (χ2n) is 7.76. The highest BCUT2D eigenvalue weighted by atomic mass is 35.5. The van der Waals surface area contributed by atoms with Crippen LogP contribution in [0, 0.1) is 5.92 Å². The minimum atomic E-state index is -0.0767. The van der Waals surface area contributed by atoms with Crippen LogP contribution in [0.1, 0.15) is 28.8 Å². The molecule has 30 heavy (non-hydrogen) atoms. The predicted octanol–water partition coefficient (Wildman–Crippen LogP) is 3.78. The van der Waals surface area contributed by atoms with E-state index in [9.17, 15) is 4.79 Å². The summed E-state index contributed by atoms with van der Waals surface area (Å²) in [5.74, 6) is 1.15. The Hall–Kier alpha value is -2.31. The van der Waals surface area contributed by atoms with Gasteiger partial charge in [0.1, 0.15) is 5.56 Å². The maximum atomic E-state index is 12.9. The van der Waals surface area contributed by atoms with Gasteiger partial charge in [-0.15, -0.1) is 0 Å². The number of methoxy groups -OCH3 is 2. The summed E-state index contributed by atoms with van der Waals surface area (Å²) in [6.07, 6.45) is 3.22. The van der Waals surface area contributed by atoms with E-state index in [-0.39, 0.29) is 5.91 Å². The topological polar surface area (TPSA) is 54.9 Å². The molecule has 1 saturated heterocycles. The second kappa shape index (κ2) is 10.6. The number of aromatic nitrogens is 1. The van der Waals surface area contributed by atoms with E-state index in [0.717, 1.165) is 50.5 Å². The standard InChI is InChI=1S/C23H30ClN3O3/c1-26(23(28)20-8-9-21(29-2)25-22(20)30-3)16-18-11-14-27(15-12-18)13-10-17-4-6-19(24)7-5-17/h4-9,18H,10-16H2,1-3H3. The molecule has 0 radical (unpaired) electrons. The molecule has 0 unspecified atom stereocenters. The fraction of sp³-hybridized carbons (Fsp3) is 0.478. The third-order valence-corrected chi connectivity index (χ3v) is 5.94.